The van der Waals surface area contributed by atoms with Gasteiger partial charge in [0, 0.05) is 0 Å². The van der Waals surface area contributed by atoms with E-state index >= 15 is 0 Å². The number of fused-ring (bicyclic) bond motifs is 2. The molecule has 1 N–H and O–H groups in total. The number of hydrogen-bond donors (Lipinski definition) is 1. The summed E-state index contributed by atoms with van der Waals surface area (Å²) in [7, 11) is 1.34. The summed E-state index contributed by atoms with van der Waals surface area (Å²) in [6, 6.07) is 17.0. The van der Waals surface area contributed by atoms with E-state index < -0.39 is 12.0 Å². The number of methoxy groups -OCH3 is 1. The maximum Gasteiger partial charge on any atom is 0.328 e. The van der Waals surface area contributed by atoms with Gasteiger partial charge in [0.05, 0.1) is 12.7 Å². The summed E-state index contributed by atoms with van der Waals surface area (Å²) in [5, 5.41) is 6.64. The number of hydrogen-bond acceptors (Lipinski definition) is 3. The van der Waals surface area contributed by atoms with E-state index in [1.54, 1.807) is 0 Å². The second-order valence-electron chi connectivity index (χ2n) is 6.55. The van der Waals surface area contributed by atoms with Crippen LogP contribution in [-0.4, -0.2) is 25.0 Å². The molecule has 4 nitrogen and oxygen atoms in total. The van der Waals surface area contributed by atoms with Gasteiger partial charge in [0.25, 0.3) is 5.91 Å². The van der Waals surface area contributed by atoms with Gasteiger partial charge < -0.3 is 10.1 Å². The van der Waals surface area contributed by atoms with Crippen LogP contribution in [-0.2, 0) is 9.53 Å². The fourth-order valence-corrected chi connectivity index (χ4v) is 3.27. The first kappa shape index (κ1) is 17.9. The molecule has 0 radical (unpaired) electrons. The Morgan fingerprint density at radius 3 is 2.04 bits per heavy atom. The maximum atomic E-state index is 13.2. The molecule has 0 bridgehead atoms. The molecule has 0 aliphatic carbocycles. The minimum absolute atomic E-state index is 0.0207. The minimum Gasteiger partial charge on any atom is -0.467 e. The Morgan fingerprint density at radius 2 is 1.54 bits per heavy atom. The van der Waals surface area contributed by atoms with Crippen molar-refractivity contribution in [3.8, 4) is 0 Å². The van der Waals surface area contributed by atoms with Gasteiger partial charge in [-0.3, -0.25) is 4.79 Å². The van der Waals surface area contributed by atoms with Crippen LogP contribution in [0, 0.1) is 5.92 Å². The minimum atomic E-state index is -0.671. The smallest absolute Gasteiger partial charge is 0.328 e. The van der Waals surface area contributed by atoms with E-state index in [2.05, 4.69) is 11.4 Å². The van der Waals surface area contributed by atoms with E-state index in [0.29, 0.717) is 5.56 Å². The number of rotatable bonds is 5. The molecule has 0 saturated heterocycles. The number of carbonyl (C=O) groups excluding carboxylic acids is 2. The van der Waals surface area contributed by atoms with Crippen LogP contribution >= 0.6 is 0 Å². The summed E-state index contributed by atoms with van der Waals surface area (Å²) in [5.74, 6) is -0.696. The topological polar surface area (TPSA) is 55.4 Å². The molecule has 134 valence electrons. The Kier molecular flexibility index (Phi) is 5.21. The van der Waals surface area contributed by atoms with Gasteiger partial charge in [-0.2, -0.15) is 0 Å². The predicted octanol–water partition coefficient (Wildman–Crippen LogP) is 4.31. The standard InChI is InChI=1S/C22H23NO3/c1-4-14(2)20(22(25)26-3)23-21(24)19-17-11-7-5-9-15(17)13-16-10-6-8-12-18(16)19/h5-14,20H,4H2,1-3H3,(H,23,24)/t14-,20+/m0/s1. The van der Waals surface area contributed by atoms with Crippen LogP contribution in [0.5, 0.6) is 0 Å². The van der Waals surface area contributed by atoms with Crippen molar-refractivity contribution < 1.29 is 14.3 Å². The van der Waals surface area contributed by atoms with Crippen molar-refractivity contribution in [3.05, 3.63) is 60.2 Å². The Hall–Kier alpha value is -2.88. The molecule has 0 unspecified atom stereocenters. The molecule has 0 spiro atoms. The lowest BCUT2D eigenvalue weighted by atomic mass is 9.94. The molecule has 0 saturated carbocycles. The Labute approximate surface area is 153 Å². The molecule has 26 heavy (non-hydrogen) atoms. The quantitative estimate of drug-likeness (QED) is 0.551. The van der Waals surface area contributed by atoms with E-state index in [9.17, 15) is 9.59 Å². The van der Waals surface area contributed by atoms with E-state index in [1.807, 2.05) is 62.4 Å². The SMILES string of the molecule is CC[C@H](C)[C@@H](NC(=O)c1c2ccccc2cc2ccccc12)C(=O)OC. The molecular weight excluding hydrogens is 326 g/mol. The summed E-state index contributed by atoms with van der Waals surface area (Å²) in [5.41, 5.74) is 0.593. The molecule has 0 fully saturated rings. The van der Waals surface area contributed by atoms with Gasteiger partial charge in [0.15, 0.2) is 0 Å². The molecule has 3 aromatic carbocycles. The molecule has 3 rings (SSSR count). The van der Waals surface area contributed by atoms with Gasteiger partial charge in [-0.15, -0.1) is 0 Å². The van der Waals surface area contributed by atoms with Crippen LogP contribution in [0.4, 0.5) is 0 Å². The van der Waals surface area contributed by atoms with Crippen LogP contribution in [0.1, 0.15) is 30.6 Å². The molecule has 4 heteroatoms. The van der Waals surface area contributed by atoms with Crippen molar-refractivity contribution >= 4 is 33.4 Å². The lowest BCUT2D eigenvalue weighted by molar-refractivity contribution is -0.144. The first-order valence-electron chi connectivity index (χ1n) is 8.86. The highest BCUT2D eigenvalue weighted by Gasteiger charge is 2.28. The lowest BCUT2D eigenvalue weighted by Crippen LogP contribution is -2.45. The first-order chi connectivity index (χ1) is 12.6. The Morgan fingerprint density at radius 1 is 1.00 bits per heavy atom. The largest absolute Gasteiger partial charge is 0.467 e. The third-order valence-corrected chi connectivity index (χ3v) is 4.95. The van der Waals surface area contributed by atoms with Crippen molar-refractivity contribution in [3.63, 3.8) is 0 Å². The third kappa shape index (κ3) is 3.27. The fourth-order valence-electron chi connectivity index (χ4n) is 3.27. The second-order valence-corrected chi connectivity index (χ2v) is 6.55. The number of ether oxygens (including phenoxy) is 1. The van der Waals surface area contributed by atoms with E-state index in [4.69, 9.17) is 4.74 Å². The van der Waals surface area contributed by atoms with Crippen molar-refractivity contribution in [2.45, 2.75) is 26.3 Å². The number of esters is 1. The van der Waals surface area contributed by atoms with Gasteiger partial charge in [-0.05, 0) is 33.5 Å². The zero-order chi connectivity index (χ0) is 18.7. The highest BCUT2D eigenvalue weighted by atomic mass is 16.5. The highest BCUT2D eigenvalue weighted by Crippen LogP contribution is 2.28. The number of nitrogens with one attached hydrogen (secondary N) is 1. The lowest BCUT2D eigenvalue weighted by Gasteiger charge is -2.22. The van der Waals surface area contributed by atoms with Crippen molar-refractivity contribution in [2.75, 3.05) is 7.11 Å². The Balaban J connectivity index is 2.13. The monoisotopic (exact) mass is 349 g/mol. The van der Waals surface area contributed by atoms with Gasteiger partial charge in [-0.25, -0.2) is 4.79 Å². The molecule has 0 heterocycles. The zero-order valence-electron chi connectivity index (χ0n) is 15.3. The molecule has 0 aliphatic heterocycles. The summed E-state index contributed by atoms with van der Waals surface area (Å²) in [6.07, 6.45) is 0.760. The summed E-state index contributed by atoms with van der Waals surface area (Å²) < 4.78 is 4.89. The van der Waals surface area contributed by atoms with Gasteiger partial charge in [0.2, 0.25) is 0 Å². The zero-order valence-corrected chi connectivity index (χ0v) is 15.3. The second kappa shape index (κ2) is 7.56. The normalized spacial score (nSPS) is 13.3. The molecule has 1 amide bonds. The van der Waals surface area contributed by atoms with Crippen LogP contribution in [0.25, 0.3) is 21.5 Å². The fraction of sp³-hybridized carbons (Fsp3) is 0.273. The van der Waals surface area contributed by atoms with Crippen LogP contribution in [0.2, 0.25) is 0 Å². The number of benzene rings is 3. The Bertz CT molecular complexity index is 910. The summed E-state index contributed by atoms with van der Waals surface area (Å²) in [4.78, 5) is 25.4. The van der Waals surface area contributed by atoms with Crippen LogP contribution in [0.15, 0.2) is 54.6 Å². The number of carbonyl (C=O) groups is 2. The summed E-state index contributed by atoms with van der Waals surface area (Å²) >= 11 is 0. The average molecular weight is 349 g/mol. The van der Waals surface area contributed by atoms with Crippen LogP contribution < -0.4 is 5.32 Å². The van der Waals surface area contributed by atoms with Gasteiger partial charge in [0.1, 0.15) is 6.04 Å². The van der Waals surface area contributed by atoms with Crippen molar-refractivity contribution in [2.24, 2.45) is 5.92 Å². The molecule has 3 aromatic rings. The molecule has 0 aliphatic rings. The van der Waals surface area contributed by atoms with E-state index in [0.717, 1.165) is 28.0 Å². The van der Waals surface area contributed by atoms with Crippen LogP contribution in [0.3, 0.4) is 0 Å². The molecular formula is C22H23NO3. The van der Waals surface area contributed by atoms with E-state index in [1.165, 1.54) is 7.11 Å². The highest BCUT2D eigenvalue weighted by molar-refractivity contribution is 6.18. The molecule has 0 aromatic heterocycles. The van der Waals surface area contributed by atoms with Crippen molar-refractivity contribution in [1.29, 1.82) is 0 Å². The average Bonchev–Trinajstić information content (AvgIpc) is 2.68. The van der Waals surface area contributed by atoms with Gasteiger partial charge in [-0.1, -0.05) is 68.8 Å². The first-order valence-corrected chi connectivity index (χ1v) is 8.86. The predicted molar refractivity (Wildman–Crippen MR) is 104 cm³/mol. The number of amides is 1. The van der Waals surface area contributed by atoms with Gasteiger partial charge >= 0.3 is 5.97 Å². The summed E-state index contributed by atoms with van der Waals surface area (Å²) in [6.45, 7) is 3.92. The third-order valence-electron chi connectivity index (χ3n) is 4.95. The van der Waals surface area contributed by atoms with E-state index in [-0.39, 0.29) is 11.8 Å². The molecule has 2 atom stereocenters. The van der Waals surface area contributed by atoms with Crippen molar-refractivity contribution in [1.82, 2.24) is 5.32 Å². The maximum absolute atomic E-state index is 13.2.